The number of nitro benzene ring substituents is 1. The van der Waals surface area contributed by atoms with Gasteiger partial charge in [-0.25, -0.2) is 9.13 Å². The average Bonchev–Trinajstić information content (AvgIpc) is 2.47. The quantitative estimate of drug-likeness (QED) is 0.388. The second-order valence-electron chi connectivity index (χ2n) is 3.37. The summed E-state index contributed by atoms with van der Waals surface area (Å²) in [6.45, 7) is -7.57. The van der Waals surface area contributed by atoms with Crippen LogP contribution in [0.5, 0.6) is 5.75 Å². The van der Waals surface area contributed by atoms with E-state index >= 15 is 0 Å². The van der Waals surface area contributed by atoms with Crippen molar-refractivity contribution in [3.63, 3.8) is 0 Å². The summed E-state index contributed by atoms with van der Waals surface area (Å²) in [6, 6.07) is 4.84. The van der Waals surface area contributed by atoms with Crippen molar-refractivity contribution in [2.24, 2.45) is 0 Å². The van der Waals surface area contributed by atoms with Crippen molar-refractivity contribution < 1.29 is 32.1 Å². The van der Waals surface area contributed by atoms with Gasteiger partial charge in [-0.2, -0.15) is 0 Å². The molecule has 118 valence electrons. The number of nitrogens with zero attached hydrogens (tertiary/aromatic N) is 1. The minimum atomic E-state index is -3.88. The highest BCUT2D eigenvalue weighted by molar-refractivity contribution is 8.84. The number of hydrogen-bond donors (Lipinski definition) is 0. The van der Waals surface area contributed by atoms with Crippen LogP contribution in [-0.2, 0) is 22.7 Å². The molecular formula is C9H13NO8P2S. The van der Waals surface area contributed by atoms with Crippen molar-refractivity contribution in [1.29, 1.82) is 0 Å². The Labute approximate surface area is 124 Å². The van der Waals surface area contributed by atoms with Crippen molar-refractivity contribution in [3.8, 4) is 5.75 Å². The van der Waals surface area contributed by atoms with Crippen LogP contribution in [0.4, 0.5) is 5.69 Å². The fourth-order valence-electron chi connectivity index (χ4n) is 1.11. The van der Waals surface area contributed by atoms with Gasteiger partial charge in [0, 0.05) is 33.5 Å². The summed E-state index contributed by atoms with van der Waals surface area (Å²) in [6.07, 6.45) is 0. The molecule has 0 N–H and O–H groups in total. The van der Waals surface area contributed by atoms with Crippen LogP contribution >= 0.6 is 24.6 Å². The van der Waals surface area contributed by atoms with Crippen molar-refractivity contribution in [2.75, 3.05) is 21.3 Å². The first kappa shape index (κ1) is 18.2. The standard InChI is InChI=1S/C9H13NO8P2S/c1-15-19(13,16-2)21-20(14,17-3)18-9-6-4-8(5-7-9)10(11)12/h4-7H,1-3H3. The molecule has 0 radical (unpaired) electrons. The number of non-ortho nitro benzene ring substituents is 1. The first-order valence-corrected chi connectivity index (χ1v) is 10.4. The Balaban J connectivity index is 2.93. The number of benzene rings is 1. The third kappa shape index (κ3) is 5.10. The molecule has 0 spiro atoms. The zero-order valence-electron chi connectivity index (χ0n) is 11.3. The second kappa shape index (κ2) is 7.40. The minimum Gasteiger partial charge on any atom is -0.417 e. The highest BCUT2D eigenvalue weighted by atomic mass is 33.1. The molecule has 1 atom stereocenters. The Morgan fingerprint density at radius 2 is 1.48 bits per heavy atom. The van der Waals surface area contributed by atoms with E-state index in [1.807, 2.05) is 0 Å². The van der Waals surface area contributed by atoms with Crippen molar-refractivity contribution in [2.45, 2.75) is 0 Å². The molecule has 0 aliphatic carbocycles. The Morgan fingerprint density at radius 3 is 1.86 bits per heavy atom. The molecule has 0 aliphatic rings. The molecule has 9 nitrogen and oxygen atoms in total. The Hall–Kier alpha value is -0.890. The maximum absolute atomic E-state index is 12.4. The van der Waals surface area contributed by atoms with E-state index in [1.54, 1.807) is 0 Å². The second-order valence-corrected chi connectivity index (χ2v) is 11.2. The van der Waals surface area contributed by atoms with Gasteiger partial charge in [0.2, 0.25) is 0 Å². The third-order valence-electron chi connectivity index (χ3n) is 2.14. The molecule has 0 fully saturated rings. The van der Waals surface area contributed by atoms with Crippen molar-refractivity contribution >= 4 is 30.3 Å². The zero-order chi connectivity index (χ0) is 16.1. The van der Waals surface area contributed by atoms with E-state index < -0.39 is 18.5 Å². The first-order chi connectivity index (χ1) is 9.77. The monoisotopic (exact) mass is 357 g/mol. The summed E-state index contributed by atoms with van der Waals surface area (Å²) < 4.78 is 43.5. The van der Waals surface area contributed by atoms with E-state index in [9.17, 15) is 19.2 Å². The van der Waals surface area contributed by atoms with Gasteiger partial charge in [0.05, 0.1) is 15.9 Å². The summed E-state index contributed by atoms with van der Waals surface area (Å²) in [5.41, 5.74) is -0.151. The Morgan fingerprint density at radius 1 is 1.00 bits per heavy atom. The molecule has 1 rings (SSSR count). The number of hydrogen-bond acceptors (Lipinski definition) is 9. The zero-order valence-corrected chi connectivity index (χ0v) is 13.9. The third-order valence-corrected chi connectivity index (χ3v) is 10.7. The number of nitro groups is 1. The van der Waals surface area contributed by atoms with Gasteiger partial charge < -0.3 is 13.6 Å². The molecule has 21 heavy (non-hydrogen) atoms. The van der Waals surface area contributed by atoms with Crippen LogP contribution in [-0.4, -0.2) is 26.3 Å². The van der Waals surface area contributed by atoms with Crippen LogP contribution in [0.2, 0.25) is 0 Å². The van der Waals surface area contributed by atoms with Crippen molar-refractivity contribution in [1.82, 2.24) is 0 Å². The lowest BCUT2D eigenvalue weighted by Crippen LogP contribution is -1.94. The van der Waals surface area contributed by atoms with Gasteiger partial charge in [-0.3, -0.25) is 14.6 Å². The van der Waals surface area contributed by atoms with Gasteiger partial charge in [-0.15, -0.1) is 0 Å². The molecule has 1 unspecified atom stereocenters. The van der Waals surface area contributed by atoms with Crippen LogP contribution in [0, 0.1) is 10.1 Å². The molecule has 0 aliphatic heterocycles. The highest BCUT2D eigenvalue weighted by Gasteiger charge is 2.39. The lowest BCUT2D eigenvalue weighted by atomic mass is 10.3. The fourth-order valence-corrected chi connectivity index (χ4v) is 8.19. The van der Waals surface area contributed by atoms with E-state index in [0.29, 0.717) is 0 Å². The summed E-state index contributed by atoms with van der Waals surface area (Å²) >= 11 is 0.288. The van der Waals surface area contributed by atoms with Crippen LogP contribution in [0.15, 0.2) is 24.3 Å². The van der Waals surface area contributed by atoms with Gasteiger partial charge in [0.1, 0.15) is 5.75 Å². The van der Waals surface area contributed by atoms with Crippen LogP contribution in [0.3, 0.4) is 0 Å². The van der Waals surface area contributed by atoms with E-state index in [1.165, 1.54) is 24.3 Å². The summed E-state index contributed by atoms with van der Waals surface area (Å²) in [7, 11) is 3.36. The van der Waals surface area contributed by atoms with Crippen molar-refractivity contribution in [3.05, 3.63) is 34.4 Å². The highest BCUT2D eigenvalue weighted by Crippen LogP contribution is 2.78. The molecule has 0 saturated carbocycles. The molecule has 0 bridgehead atoms. The molecule has 1 aromatic carbocycles. The molecular weight excluding hydrogens is 344 g/mol. The molecule has 0 aromatic heterocycles. The fraction of sp³-hybridized carbons (Fsp3) is 0.333. The van der Waals surface area contributed by atoms with Crippen LogP contribution < -0.4 is 4.52 Å². The largest absolute Gasteiger partial charge is 0.451 e. The van der Waals surface area contributed by atoms with Gasteiger partial charge in [-0.05, 0) is 12.1 Å². The predicted molar refractivity (Wildman–Crippen MR) is 77.6 cm³/mol. The smallest absolute Gasteiger partial charge is 0.417 e. The maximum atomic E-state index is 12.4. The molecule has 0 amide bonds. The first-order valence-electron chi connectivity index (χ1n) is 5.30. The molecule has 0 heterocycles. The Kier molecular flexibility index (Phi) is 6.40. The summed E-state index contributed by atoms with van der Waals surface area (Å²) in [5, 5.41) is 10.5. The van der Waals surface area contributed by atoms with Gasteiger partial charge in [0.15, 0.2) is 0 Å². The van der Waals surface area contributed by atoms with Gasteiger partial charge in [-0.1, -0.05) is 0 Å². The van der Waals surface area contributed by atoms with Gasteiger partial charge in [0.25, 0.3) is 5.69 Å². The maximum Gasteiger partial charge on any atom is 0.451 e. The van der Waals surface area contributed by atoms with E-state index in [4.69, 9.17) is 9.05 Å². The van der Waals surface area contributed by atoms with Crippen LogP contribution in [0.25, 0.3) is 0 Å². The normalized spacial score (nSPS) is 14.4. The lowest BCUT2D eigenvalue weighted by molar-refractivity contribution is -0.384. The SMILES string of the molecule is COP(=O)(OC)SP(=O)(OC)Oc1ccc([N+](=O)[O-])cc1. The molecule has 0 saturated heterocycles. The number of rotatable bonds is 8. The lowest BCUT2D eigenvalue weighted by Gasteiger charge is -2.19. The molecule has 1 aromatic rings. The topological polar surface area (TPSA) is 114 Å². The predicted octanol–water partition coefficient (Wildman–Crippen LogP) is 3.86. The van der Waals surface area contributed by atoms with E-state index in [-0.39, 0.29) is 22.4 Å². The van der Waals surface area contributed by atoms with E-state index in [2.05, 4.69) is 9.05 Å². The van der Waals surface area contributed by atoms with Crippen LogP contribution in [0.1, 0.15) is 0 Å². The average molecular weight is 357 g/mol. The Bertz CT molecular complexity index is 584. The minimum absolute atomic E-state index is 0.0528. The summed E-state index contributed by atoms with van der Waals surface area (Å²) in [4.78, 5) is 9.95. The summed E-state index contributed by atoms with van der Waals surface area (Å²) in [5.74, 6) is 0.0528. The molecule has 12 heteroatoms. The van der Waals surface area contributed by atoms with Gasteiger partial charge >= 0.3 is 13.6 Å². The van der Waals surface area contributed by atoms with E-state index in [0.717, 1.165) is 21.3 Å².